The summed E-state index contributed by atoms with van der Waals surface area (Å²) in [6.45, 7) is 4.89. The second kappa shape index (κ2) is 4.45. The number of aromatic nitrogens is 3. The molecule has 0 radical (unpaired) electrons. The van der Waals surface area contributed by atoms with Gasteiger partial charge in [0.15, 0.2) is 0 Å². The van der Waals surface area contributed by atoms with Crippen LogP contribution in [-0.4, -0.2) is 33.5 Å². The molecule has 0 bridgehead atoms. The Hall–Kier alpha value is -1.82. The summed E-state index contributed by atoms with van der Waals surface area (Å²) in [4.78, 5) is 20.7. The molecule has 3 N–H and O–H groups in total. The van der Waals surface area contributed by atoms with Crippen LogP contribution in [0, 0.1) is 0 Å². The average Bonchev–Trinajstić information content (AvgIpc) is 2.54. The van der Waals surface area contributed by atoms with Gasteiger partial charge < -0.3 is 15.2 Å². The van der Waals surface area contributed by atoms with Gasteiger partial charge in [-0.1, -0.05) is 0 Å². The maximum Gasteiger partial charge on any atom is 0.261 e. The number of nitrogens with one attached hydrogen (secondary N) is 1. The van der Waals surface area contributed by atoms with Gasteiger partial charge >= 0.3 is 0 Å². The number of nitrogens with zero attached hydrogens (tertiary/aromatic N) is 3. The lowest BCUT2D eigenvalue weighted by Crippen LogP contribution is -2.16. The van der Waals surface area contributed by atoms with E-state index in [9.17, 15) is 4.79 Å². The molecule has 2 aromatic heterocycles. The first-order valence-corrected chi connectivity index (χ1v) is 5.94. The molecule has 0 amide bonds. The summed E-state index contributed by atoms with van der Waals surface area (Å²) in [5, 5.41) is 0.592. The highest BCUT2D eigenvalue weighted by Crippen LogP contribution is 2.21. The summed E-state index contributed by atoms with van der Waals surface area (Å²) in [6.07, 6.45) is 0. The molecule has 0 aromatic carbocycles. The van der Waals surface area contributed by atoms with Crippen molar-refractivity contribution in [3.8, 4) is 0 Å². The molecule has 0 saturated carbocycles. The van der Waals surface area contributed by atoms with Crippen molar-refractivity contribution in [2.24, 2.45) is 0 Å². The van der Waals surface area contributed by atoms with Gasteiger partial charge in [0, 0.05) is 18.3 Å². The van der Waals surface area contributed by atoms with E-state index < -0.39 is 0 Å². The van der Waals surface area contributed by atoms with E-state index in [1.165, 1.54) is 0 Å². The molecule has 0 aliphatic carbocycles. The molecule has 0 saturated heterocycles. The SMILES string of the molecule is CC(C)n1c(CN(C)C)cc2c(=O)[nH]c(N)nc21. The van der Waals surface area contributed by atoms with Crippen LogP contribution in [0.2, 0.25) is 0 Å². The first-order valence-electron chi connectivity index (χ1n) is 5.94. The van der Waals surface area contributed by atoms with E-state index >= 15 is 0 Å². The van der Waals surface area contributed by atoms with Gasteiger partial charge in [-0.2, -0.15) is 4.98 Å². The smallest absolute Gasteiger partial charge is 0.261 e. The first-order chi connectivity index (χ1) is 8.40. The van der Waals surface area contributed by atoms with Crippen molar-refractivity contribution in [1.29, 1.82) is 0 Å². The molecule has 18 heavy (non-hydrogen) atoms. The Kier molecular flexibility index (Phi) is 3.13. The predicted octanol–water partition coefficient (Wildman–Crippen LogP) is 0.949. The van der Waals surface area contributed by atoms with Crippen LogP contribution >= 0.6 is 0 Å². The van der Waals surface area contributed by atoms with Gasteiger partial charge in [0.25, 0.3) is 5.56 Å². The number of nitrogens with two attached hydrogens (primary N) is 1. The lowest BCUT2D eigenvalue weighted by atomic mass is 10.3. The van der Waals surface area contributed by atoms with Crippen molar-refractivity contribution >= 4 is 17.0 Å². The number of aromatic amines is 1. The zero-order chi connectivity index (χ0) is 13.4. The van der Waals surface area contributed by atoms with Crippen LogP contribution in [0.1, 0.15) is 25.6 Å². The Labute approximate surface area is 105 Å². The summed E-state index contributed by atoms with van der Waals surface area (Å²) < 4.78 is 2.06. The fraction of sp³-hybridized carbons (Fsp3) is 0.500. The molecular weight excluding hydrogens is 230 g/mol. The van der Waals surface area contributed by atoms with Gasteiger partial charge in [-0.15, -0.1) is 0 Å². The summed E-state index contributed by atoms with van der Waals surface area (Å²) in [7, 11) is 3.99. The highest BCUT2D eigenvalue weighted by molar-refractivity contribution is 5.77. The van der Waals surface area contributed by atoms with Gasteiger partial charge in [-0.3, -0.25) is 9.78 Å². The fourth-order valence-electron chi connectivity index (χ4n) is 2.20. The first kappa shape index (κ1) is 12.6. The molecule has 0 unspecified atom stereocenters. The summed E-state index contributed by atoms with van der Waals surface area (Å²) >= 11 is 0. The van der Waals surface area contributed by atoms with E-state index in [2.05, 4.69) is 33.3 Å². The third kappa shape index (κ3) is 2.11. The summed E-state index contributed by atoms with van der Waals surface area (Å²) in [6, 6.07) is 2.12. The Bertz CT molecular complexity index is 623. The molecule has 2 aromatic rings. The molecule has 0 aliphatic heterocycles. The van der Waals surface area contributed by atoms with Crippen LogP contribution in [-0.2, 0) is 6.54 Å². The van der Waals surface area contributed by atoms with Crippen molar-refractivity contribution < 1.29 is 0 Å². The minimum atomic E-state index is -0.183. The van der Waals surface area contributed by atoms with Crippen molar-refractivity contribution in [3.63, 3.8) is 0 Å². The standard InChI is InChI=1S/C12H19N5O/c1-7(2)17-8(6-16(3)4)5-9-10(17)14-12(13)15-11(9)18/h5,7H,6H2,1-4H3,(H3,13,14,15,18). The number of anilines is 1. The number of nitrogen functional groups attached to an aromatic ring is 1. The van der Waals surface area contributed by atoms with E-state index in [0.29, 0.717) is 11.0 Å². The molecule has 6 heteroatoms. The van der Waals surface area contributed by atoms with Crippen LogP contribution in [0.3, 0.4) is 0 Å². The number of H-pyrrole nitrogens is 1. The number of rotatable bonds is 3. The second-order valence-electron chi connectivity index (χ2n) is 5.03. The topological polar surface area (TPSA) is 79.9 Å². The molecule has 98 valence electrons. The number of hydrogen-bond acceptors (Lipinski definition) is 4. The molecule has 2 heterocycles. The summed E-state index contributed by atoms with van der Waals surface area (Å²) in [5.41, 5.74) is 7.15. The highest BCUT2D eigenvalue weighted by atomic mass is 16.1. The Morgan fingerprint density at radius 2 is 2.17 bits per heavy atom. The van der Waals surface area contributed by atoms with Crippen molar-refractivity contribution in [1.82, 2.24) is 19.4 Å². The lowest BCUT2D eigenvalue weighted by molar-refractivity contribution is 0.383. The van der Waals surface area contributed by atoms with Gasteiger partial charge in [0.2, 0.25) is 5.95 Å². The quantitative estimate of drug-likeness (QED) is 0.848. The highest BCUT2D eigenvalue weighted by Gasteiger charge is 2.15. The van der Waals surface area contributed by atoms with Crippen molar-refractivity contribution in [2.45, 2.75) is 26.4 Å². The van der Waals surface area contributed by atoms with E-state index in [-0.39, 0.29) is 17.5 Å². The molecule has 6 nitrogen and oxygen atoms in total. The molecule has 0 spiro atoms. The minimum Gasteiger partial charge on any atom is -0.369 e. The molecule has 2 rings (SSSR count). The Balaban J connectivity index is 2.75. The Morgan fingerprint density at radius 1 is 1.50 bits per heavy atom. The largest absolute Gasteiger partial charge is 0.369 e. The normalized spacial score (nSPS) is 11.9. The third-order valence-corrected chi connectivity index (χ3v) is 2.80. The molecule has 0 aliphatic rings. The van der Waals surface area contributed by atoms with Gasteiger partial charge in [0.05, 0.1) is 5.39 Å². The van der Waals surface area contributed by atoms with Gasteiger partial charge in [-0.05, 0) is 34.0 Å². The van der Waals surface area contributed by atoms with Crippen LogP contribution < -0.4 is 11.3 Å². The van der Waals surface area contributed by atoms with E-state index in [1.807, 2.05) is 20.2 Å². The lowest BCUT2D eigenvalue weighted by Gasteiger charge is -2.16. The average molecular weight is 249 g/mol. The zero-order valence-corrected chi connectivity index (χ0v) is 11.2. The number of hydrogen-bond donors (Lipinski definition) is 2. The third-order valence-electron chi connectivity index (χ3n) is 2.80. The van der Waals surface area contributed by atoms with Crippen molar-refractivity contribution in [2.75, 3.05) is 19.8 Å². The Morgan fingerprint density at radius 3 is 2.72 bits per heavy atom. The van der Waals surface area contributed by atoms with Crippen LogP contribution in [0.5, 0.6) is 0 Å². The van der Waals surface area contributed by atoms with Crippen LogP contribution in [0.4, 0.5) is 5.95 Å². The van der Waals surface area contributed by atoms with E-state index in [0.717, 1.165) is 12.2 Å². The second-order valence-corrected chi connectivity index (χ2v) is 5.03. The fourth-order valence-corrected chi connectivity index (χ4v) is 2.20. The molecule has 0 fully saturated rings. The van der Waals surface area contributed by atoms with Gasteiger partial charge in [0.1, 0.15) is 5.65 Å². The maximum absolute atomic E-state index is 11.9. The maximum atomic E-state index is 11.9. The molecular formula is C12H19N5O. The molecule has 0 atom stereocenters. The monoisotopic (exact) mass is 249 g/mol. The van der Waals surface area contributed by atoms with Crippen molar-refractivity contribution in [3.05, 3.63) is 22.1 Å². The van der Waals surface area contributed by atoms with E-state index in [4.69, 9.17) is 5.73 Å². The predicted molar refractivity (Wildman–Crippen MR) is 72.5 cm³/mol. The van der Waals surface area contributed by atoms with Crippen LogP contribution in [0.15, 0.2) is 10.9 Å². The minimum absolute atomic E-state index is 0.156. The van der Waals surface area contributed by atoms with E-state index in [1.54, 1.807) is 0 Å². The van der Waals surface area contributed by atoms with Crippen LogP contribution in [0.25, 0.3) is 11.0 Å². The van der Waals surface area contributed by atoms with Gasteiger partial charge in [-0.25, -0.2) is 0 Å². The summed E-state index contributed by atoms with van der Waals surface area (Å²) in [5.74, 6) is 0.156. The zero-order valence-electron chi connectivity index (χ0n) is 11.2. The number of fused-ring (bicyclic) bond motifs is 1.